The molecule has 3 fully saturated rings. The van der Waals surface area contributed by atoms with Gasteiger partial charge in [0, 0.05) is 32.0 Å². The van der Waals surface area contributed by atoms with Crippen molar-refractivity contribution in [2.24, 2.45) is 5.92 Å². The number of amides is 2. The molecule has 0 aromatic carbocycles. The summed E-state index contributed by atoms with van der Waals surface area (Å²) >= 11 is 0. The van der Waals surface area contributed by atoms with E-state index in [2.05, 4.69) is 10.3 Å². The Hall–Kier alpha value is -2.02. The molecule has 3 atom stereocenters. The van der Waals surface area contributed by atoms with Crippen LogP contribution >= 0.6 is 0 Å². The third-order valence-corrected chi connectivity index (χ3v) is 5.85. The highest BCUT2D eigenvalue weighted by Crippen LogP contribution is 2.40. The van der Waals surface area contributed by atoms with E-state index < -0.39 is 17.7 Å². The molecule has 1 saturated carbocycles. The molecule has 0 bridgehead atoms. The summed E-state index contributed by atoms with van der Waals surface area (Å²) < 4.78 is 20.3. The van der Waals surface area contributed by atoms with Gasteiger partial charge in [0.2, 0.25) is 5.91 Å². The fraction of sp³-hybridized carbons (Fsp3) is 0.632. The first kappa shape index (κ1) is 17.4. The number of halogens is 1. The highest BCUT2D eigenvalue weighted by atomic mass is 19.1. The minimum atomic E-state index is -1.66. The molecule has 1 aromatic rings. The third-order valence-electron chi connectivity index (χ3n) is 5.85. The normalized spacial score (nSPS) is 29.6. The first-order valence-electron chi connectivity index (χ1n) is 9.35. The van der Waals surface area contributed by atoms with Crippen LogP contribution < -0.4 is 5.32 Å². The highest BCUT2D eigenvalue weighted by molar-refractivity contribution is 5.86. The Labute approximate surface area is 152 Å². The first-order chi connectivity index (χ1) is 12.5. The maximum Gasteiger partial charge on any atom is 0.260 e. The molecule has 140 valence electrons. The summed E-state index contributed by atoms with van der Waals surface area (Å²) in [5.41, 5.74) is -0.729. The smallest absolute Gasteiger partial charge is 0.260 e. The number of likely N-dealkylation sites (tertiary alicyclic amines) is 1. The quantitative estimate of drug-likeness (QED) is 0.884. The fourth-order valence-electron chi connectivity index (χ4n) is 4.07. The SMILES string of the molecule is O=C(NCc1cccnc1)[C@@H]1C[C@@H]2CCN(C(=O)C3(F)CCC3)C[C@@H]2O1. The third kappa shape index (κ3) is 3.32. The molecule has 3 aliphatic rings. The van der Waals surface area contributed by atoms with E-state index in [1.54, 1.807) is 17.3 Å². The lowest BCUT2D eigenvalue weighted by Crippen LogP contribution is -2.55. The molecule has 0 unspecified atom stereocenters. The molecule has 2 aliphatic heterocycles. The van der Waals surface area contributed by atoms with Crippen LogP contribution in [0.2, 0.25) is 0 Å². The van der Waals surface area contributed by atoms with Gasteiger partial charge in [-0.3, -0.25) is 14.6 Å². The molecule has 1 aliphatic carbocycles. The van der Waals surface area contributed by atoms with Crippen molar-refractivity contribution in [3.8, 4) is 0 Å². The number of ether oxygens (including phenoxy) is 1. The van der Waals surface area contributed by atoms with Crippen molar-refractivity contribution in [3.05, 3.63) is 30.1 Å². The van der Waals surface area contributed by atoms with Crippen LogP contribution in [0.1, 0.15) is 37.7 Å². The summed E-state index contributed by atoms with van der Waals surface area (Å²) in [4.78, 5) is 30.4. The molecule has 1 aromatic heterocycles. The first-order valence-corrected chi connectivity index (χ1v) is 9.35. The molecule has 0 spiro atoms. The maximum atomic E-state index is 14.4. The summed E-state index contributed by atoms with van der Waals surface area (Å²) in [5, 5.41) is 2.88. The maximum absolute atomic E-state index is 14.4. The minimum absolute atomic E-state index is 0.137. The second kappa shape index (κ2) is 6.95. The summed E-state index contributed by atoms with van der Waals surface area (Å²) in [7, 11) is 0. The molecule has 26 heavy (non-hydrogen) atoms. The second-order valence-electron chi connectivity index (χ2n) is 7.60. The van der Waals surface area contributed by atoms with Crippen molar-refractivity contribution in [2.75, 3.05) is 13.1 Å². The number of alkyl halides is 1. The lowest BCUT2D eigenvalue weighted by Gasteiger charge is -2.41. The molecular formula is C19H24FN3O3. The summed E-state index contributed by atoms with van der Waals surface area (Å²) in [6.07, 6.45) is 5.59. The van der Waals surface area contributed by atoms with E-state index in [1.165, 1.54) is 0 Å². The fourth-order valence-corrected chi connectivity index (χ4v) is 4.07. The molecule has 4 rings (SSSR count). The molecule has 2 amide bonds. The zero-order chi connectivity index (χ0) is 18.1. The Morgan fingerprint density at radius 2 is 2.27 bits per heavy atom. The molecule has 0 radical (unpaired) electrons. The van der Waals surface area contributed by atoms with Gasteiger partial charge in [-0.2, -0.15) is 0 Å². The summed E-state index contributed by atoms with van der Waals surface area (Å²) in [5.74, 6) is -0.275. The van der Waals surface area contributed by atoms with E-state index in [4.69, 9.17) is 4.74 Å². The van der Waals surface area contributed by atoms with Gasteiger partial charge in [0.15, 0.2) is 5.67 Å². The monoisotopic (exact) mass is 361 g/mol. The van der Waals surface area contributed by atoms with E-state index in [0.29, 0.717) is 38.9 Å². The molecule has 2 saturated heterocycles. The van der Waals surface area contributed by atoms with Gasteiger partial charge < -0.3 is 15.0 Å². The molecular weight excluding hydrogens is 337 g/mol. The Kier molecular flexibility index (Phi) is 4.65. The predicted molar refractivity (Wildman–Crippen MR) is 91.7 cm³/mol. The van der Waals surface area contributed by atoms with Crippen molar-refractivity contribution in [1.82, 2.24) is 15.2 Å². The van der Waals surface area contributed by atoms with Crippen molar-refractivity contribution in [2.45, 2.75) is 56.5 Å². The number of piperidine rings is 1. The van der Waals surface area contributed by atoms with E-state index in [1.807, 2.05) is 12.1 Å². The van der Waals surface area contributed by atoms with Gasteiger partial charge in [0.1, 0.15) is 6.10 Å². The molecule has 7 heteroatoms. The molecule has 6 nitrogen and oxygen atoms in total. The van der Waals surface area contributed by atoms with Crippen LogP contribution in [0.3, 0.4) is 0 Å². The topological polar surface area (TPSA) is 71.5 Å². The average Bonchev–Trinajstić information content (AvgIpc) is 3.07. The summed E-state index contributed by atoms with van der Waals surface area (Å²) in [6, 6.07) is 3.73. The van der Waals surface area contributed by atoms with Crippen molar-refractivity contribution >= 4 is 11.8 Å². The van der Waals surface area contributed by atoms with E-state index in [9.17, 15) is 14.0 Å². The van der Waals surface area contributed by atoms with Gasteiger partial charge in [-0.15, -0.1) is 0 Å². The number of carbonyl (C=O) groups is 2. The largest absolute Gasteiger partial charge is 0.363 e. The number of hydrogen-bond acceptors (Lipinski definition) is 4. The van der Waals surface area contributed by atoms with Crippen LogP contribution in [0.15, 0.2) is 24.5 Å². The van der Waals surface area contributed by atoms with Crippen LogP contribution in [0, 0.1) is 5.92 Å². The number of hydrogen-bond donors (Lipinski definition) is 1. The zero-order valence-electron chi connectivity index (χ0n) is 14.7. The Morgan fingerprint density at radius 1 is 1.42 bits per heavy atom. The molecule has 1 N–H and O–H groups in total. The standard InChI is InChI=1S/C19H24FN3O3/c20-19(5-2-6-19)18(25)23-8-4-14-9-15(26-16(14)12-23)17(24)22-11-13-3-1-7-21-10-13/h1,3,7,10,14-16H,2,4-6,8-9,11-12H2,(H,22,24)/t14-,15-,16-/m0/s1. The van der Waals surface area contributed by atoms with Crippen molar-refractivity contribution < 1.29 is 18.7 Å². The zero-order valence-corrected chi connectivity index (χ0v) is 14.7. The van der Waals surface area contributed by atoms with Gasteiger partial charge in [-0.25, -0.2) is 4.39 Å². The average molecular weight is 361 g/mol. The summed E-state index contributed by atoms with van der Waals surface area (Å²) in [6.45, 7) is 1.36. The van der Waals surface area contributed by atoms with Gasteiger partial charge in [0.05, 0.1) is 6.10 Å². The van der Waals surface area contributed by atoms with Crippen LogP contribution in [0.4, 0.5) is 4.39 Å². The Morgan fingerprint density at radius 3 is 2.96 bits per heavy atom. The van der Waals surface area contributed by atoms with Crippen molar-refractivity contribution in [1.29, 1.82) is 0 Å². The number of rotatable bonds is 4. The Bertz CT molecular complexity index is 680. The lowest BCUT2D eigenvalue weighted by molar-refractivity contribution is -0.154. The number of nitrogens with zero attached hydrogens (tertiary/aromatic N) is 2. The Balaban J connectivity index is 1.30. The van der Waals surface area contributed by atoms with Crippen LogP contribution in [-0.4, -0.2) is 52.7 Å². The van der Waals surface area contributed by atoms with Gasteiger partial charge in [-0.05, 0) is 49.7 Å². The van der Waals surface area contributed by atoms with E-state index in [-0.39, 0.29) is 17.9 Å². The van der Waals surface area contributed by atoms with E-state index >= 15 is 0 Å². The van der Waals surface area contributed by atoms with Crippen LogP contribution in [0.5, 0.6) is 0 Å². The number of aromatic nitrogens is 1. The number of nitrogens with one attached hydrogen (secondary N) is 1. The number of fused-ring (bicyclic) bond motifs is 1. The number of pyridine rings is 1. The predicted octanol–water partition coefficient (Wildman–Crippen LogP) is 1.60. The second-order valence-corrected chi connectivity index (χ2v) is 7.60. The lowest BCUT2D eigenvalue weighted by atomic mass is 9.80. The molecule has 3 heterocycles. The highest BCUT2D eigenvalue weighted by Gasteiger charge is 2.50. The van der Waals surface area contributed by atoms with Gasteiger partial charge >= 0.3 is 0 Å². The van der Waals surface area contributed by atoms with Gasteiger partial charge in [-0.1, -0.05) is 6.07 Å². The van der Waals surface area contributed by atoms with Crippen LogP contribution in [-0.2, 0) is 20.9 Å². The van der Waals surface area contributed by atoms with Crippen LogP contribution in [0.25, 0.3) is 0 Å². The number of carbonyl (C=O) groups excluding carboxylic acids is 2. The minimum Gasteiger partial charge on any atom is -0.363 e. The van der Waals surface area contributed by atoms with Crippen molar-refractivity contribution in [3.63, 3.8) is 0 Å². The van der Waals surface area contributed by atoms with Gasteiger partial charge in [0.25, 0.3) is 5.91 Å². The van der Waals surface area contributed by atoms with E-state index in [0.717, 1.165) is 18.4 Å².